The highest BCUT2D eigenvalue weighted by Gasteiger charge is 2.27. The van der Waals surface area contributed by atoms with Gasteiger partial charge in [-0.2, -0.15) is 0 Å². The smallest absolute Gasteiger partial charge is 0.237 e. The molecule has 0 atom stereocenters. The molecule has 2 aliphatic rings. The molecule has 2 aromatic rings. The molecule has 26 heavy (non-hydrogen) atoms. The van der Waals surface area contributed by atoms with E-state index in [1.54, 1.807) is 7.11 Å². The molecule has 8 heteroatoms. The number of anilines is 1. The number of hydrogen-bond acceptors (Lipinski definition) is 6. The fraction of sp³-hybridized carbons (Fsp3) is 0.611. The molecule has 0 bridgehead atoms. The molecule has 0 radical (unpaired) electrons. The van der Waals surface area contributed by atoms with E-state index in [1.807, 2.05) is 16.2 Å². The predicted molar refractivity (Wildman–Crippen MR) is 104 cm³/mol. The summed E-state index contributed by atoms with van der Waals surface area (Å²) in [5, 5.41) is 1.22. The van der Waals surface area contributed by atoms with Crippen molar-refractivity contribution in [1.82, 2.24) is 14.9 Å². The summed E-state index contributed by atoms with van der Waals surface area (Å²) in [6.45, 7) is 3.32. The van der Waals surface area contributed by atoms with Crippen molar-refractivity contribution < 1.29 is 9.53 Å². The molecule has 1 amide bonds. The Morgan fingerprint density at radius 2 is 1.96 bits per heavy atom. The second kappa shape index (κ2) is 7.66. The van der Waals surface area contributed by atoms with Crippen LogP contribution >= 0.6 is 22.9 Å². The Bertz CT molecular complexity index is 817. The molecular weight excluding hydrogens is 372 g/mol. The summed E-state index contributed by atoms with van der Waals surface area (Å²) in [4.78, 5) is 28.1. The Morgan fingerprint density at radius 1 is 1.19 bits per heavy atom. The topological polar surface area (TPSA) is 58.6 Å². The van der Waals surface area contributed by atoms with Crippen LogP contribution in [0.25, 0.3) is 10.2 Å². The van der Waals surface area contributed by atoms with Crippen LogP contribution in [0.4, 0.5) is 5.82 Å². The minimum atomic E-state index is 0.00661. The molecule has 140 valence electrons. The summed E-state index contributed by atoms with van der Waals surface area (Å²) in [5.41, 5.74) is 1.44. The number of halogens is 1. The van der Waals surface area contributed by atoms with Crippen LogP contribution in [-0.2, 0) is 29.0 Å². The minimum absolute atomic E-state index is 0.00661. The van der Waals surface area contributed by atoms with Crippen molar-refractivity contribution in [2.75, 3.05) is 44.1 Å². The lowest BCUT2D eigenvalue weighted by Gasteiger charge is -2.35. The lowest BCUT2D eigenvalue weighted by Crippen LogP contribution is -2.49. The van der Waals surface area contributed by atoms with Gasteiger partial charge < -0.3 is 14.5 Å². The number of hydrogen-bond donors (Lipinski definition) is 0. The zero-order valence-electron chi connectivity index (χ0n) is 15.0. The van der Waals surface area contributed by atoms with Gasteiger partial charge >= 0.3 is 0 Å². The van der Waals surface area contributed by atoms with Crippen LogP contribution in [0.2, 0.25) is 0 Å². The van der Waals surface area contributed by atoms with Crippen LogP contribution in [0.5, 0.6) is 0 Å². The zero-order valence-corrected chi connectivity index (χ0v) is 16.5. The molecule has 6 nitrogen and oxygen atoms in total. The first-order valence-electron chi connectivity index (χ1n) is 9.10. The number of alkyl halides is 1. The Labute approximate surface area is 162 Å². The standard InChI is InChI=1S/C18H23ClN4O2S/c1-25-11-14-20-17(23-8-6-22(7-9-23)15(24)10-19)16-12-4-2-3-5-13(12)26-18(16)21-14/h2-11H2,1H3. The third-order valence-electron chi connectivity index (χ3n) is 5.16. The first-order valence-corrected chi connectivity index (χ1v) is 10.4. The van der Waals surface area contributed by atoms with Crippen molar-refractivity contribution in [2.45, 2.75) is 32.3 Å². The third kappa shape index (κ3) is 3.28. The van der Waals surface area contributed by atoms with Gasteiger partial charge in [0.1, 0.15) is 23.1 Å². The van der Waals surface area contributed by atoms with Crippen molar-refractivity contribution >= 4 is 44.9 Å². The molecule has 4 rings (SSSR count). The summed E-state index contributed by atoms with van der Waals surface area (Å²) in [7, 11) is 1.67. The van der Waals surface area contributed by atoms with Crippen LogP contribution in [0.15, 0.2) is 0 Å². The van der Waals surface area contributed by atoms with Gasteiger partial charge in [0.25, 0.3) is 0 Å². The first-order chi connectivity index (χ1) is 12.7. The number of fused-ring (bicyclic) bond motifs is 3. The largest absolute Gasteiger partial charge is 0.377 e. The third-order valence-corrected chi connectivity index (χ3v) is 6.58. The maximum Gasteiger partial charge on any atom is 0.237 e. The molecule has 2 aromatic heterocycles. The molecule has 1 saturated heterocycles. The quantitative estimate of drug-likeness (QED) is 0.746. The number of carbonyl (C=O) groups is 1. The Balaban J connectivity index is 1.71. The van der Waals surface area contributed by atoms with Crippen LogP contribution < -0.4 is 4.90 Å². The highest BCUT2D eigenvalue weighted by atomic mass is 35.5. The summed E-state index contributed by atoms with van der Waals surface area (Å²) in [5.74, 6) is 1.80. The highest BCUT2D eigenvalue weighted by Crippen LogP contribution is 2.40. The number of rotatable bonds is 4. The average molecular weight is 395 g/mol. The number of thiophene rings is 1. The molecule has 1 aliphatic carbocycles. The summed E-state index contributed by atoms with van der Waals surface area (Å²) < 4.78 is 5.28. The van der Waals surface area contributed by atoms with Crippen LogP contribution in [0.1, 0.15) is 29.1 Å². The molecule has 0 N–H and O–H groups in total. The van der Waals surface area contributed by atoms with Gasteiger partial charge in [-0.15, -0.1) is 22.9 Å². The number of amides is 1. The van der Waals surface area contributed by atoms with Crippen molar-refractivity contribution in [2.24, 2.45) is 0 Å². The van der Waals surface area contributed by atoms with Crippen LogP contribution in [-0.4, -0.2) is 59.9 Å². The number of piperazine rings is 1. The van der Waals surface area contributed by atoms with Gasteiger partial charge in [-0.3, -0.25) is 4.79 Å². The molecule has 0 unspecified atom stereocenters. The maximum atomic E-state index is 11.8. The number of carbonyl (C=O) groups excluding carboxylic acids is 1. The zero-order chi connectivity index (χ0) is 18.1. The molecular formula is C18H23ClN4O2S. The van der Waals surface area contributed by atoms with Crippen LogP contribution in [0.3, 0.4) is 0 Å². The number of ether oxygens (including phenoxy) is 1. The van der Waals surface area contributed by atoms with Crippen molar-refractivity contribution in [1.29, 1.82) is 0 Å². The van der Waals surface area contributed by atoms with E-state index >= 15 is 0 Å². The van der Waals surface area contributed by atoms with E-state index in [0.29, 0.717) is 19.7 Å². The lowest BCUT2D eigenvalue weighted by atomic mass is 9.97. The van der Waals surface area contributed by atoms with Gasteiger partial charge in [-0.1, -0.05) is 0 Å². The predicted octanol–water partition coefficient (Wildman–Crippen LogP) is 2.60. The minimum Gasteiger partial charge on any atom is -0.377 e. The van der Waals surface area contributed by atoms with Crippen molar-refractivity contribution in [3.05, 3.63) is 16.3 Å². The summed E-state index contributed by atoms with van der Waals surface area (Å²) >= 11 is 7.51. The Hall–Kier alpha value is -1.44. The number of aryl methyl sites for hydroxylation is 2. The summed E-state index contributed by atoms with van der Waals surface area (Å²) in [6.07, 6.45) is 4.75. The molecule has 0 spiro atoms. The Kier molecular flexibility index (Phi) is 5.29. The first kappa shape index (κ1) is 17.9. The van der Waals surface area contributed by atoms with Crippen LogP contribution in [0, 0.1) is 0 Å². The SMILES string of the molecule is COCc1nc(N2CCN(C(=O)CCl)CC2)c2c3c(sc2n1)CCCC3. The van der Waals surface area contributed by atoms with Crippen molar-refractivity contribution in [3.63, 3.8) is 0 Å². The molecule has 1 fully saturated rings. The monoisotopic (exact) mass is 394 g/mol. The second-order valence-corrected chi connectivity index (χ2v) is 8.14. The van der Waals surface area contributed by atoms with E-state index in [-0.39, 0.29) is 11.8 Å². The van der Waals surface area contributed by atoms with E-state index in [0.717, 1.165) is 42.4 Å². The normalized spacial score (nSPS) is 17.6. The molecule has 0 aromatic carbocycles. The van der Waals surface area contributed by atoms with E-state index in [4.69, 9.17) is 26.3 Å². The maximum absolute atomic E-state index is 11.8. The van der Waals surface area contributed by atoms with E-state index in [2.05, 4.69) is 4.90 Å². The van der Waals surface area contributed by atoms with Crippen molar-refractivity contribution in [3.8, 4) is 0 Å². The van der Waals surface area contributed by atoms with E-state index < -0.39 is 0 Å². The van der Waals surface area contributed by atoms with Gasteiger partial charge in [0.2, 0.25) is 5.91 Å². The number of nitrogens with zero attached hydrogens (tertiary/aromatic N) is 4. The summed E-state index contributed by atoms with van der Waals surface area (Å²) in [6, 6.07) is 0. The number of methoxy groups -OCH3 is 1. The van der Waals surface area contributed by atoms with Gasteiger partial charge in [-0.05, 0) is 31.2 Å². The number of aromatic nitrogens is 2. The van der Waals surface area contributed by atoms with Gasteiger partial charge in [-0.25, -0.2) is 9.97 Å². The van der Waals surface area contributed by atoms with Gasteiger partial charge in [0.15, 0.2) is 5.82 Å². The highest BCUT2D eigenvalue weighted by molar-refractivity contribution is 7.19. The van der Waals surface area contributed by atoms with E-state index in [1.165, 1.54) is 28.7 Å². The van der Waals surface area contributed by atoms with Gasteiger partial charge in [0, 0.05) is 38.2 Å². The van der Waals surface area contributed by atoms with E-state index in [9.17, 15) is 4.79 Å². The fourth-order valence-corrected chi connectivity index (χ4v) is 5.30. The average Bonchev–Trinajstić information content (AvgIpc) is 3.05. The van der Waals surface area contributed by atoms with Gasteiger partial charge in [0.05, 0.1) is 5.39 Å². The molecule has 0 saturated carbocycles. The molecule has 3 heterocycles. The Morgan fingerprint density at radius 3 is 2.69 bits per heavy atom. The lowest BCUT2D eigenvalue weighted by molar-refractivity contribution is -0.128. The molecule has 1 aliphatic heterocycles. The fourth-order valence-electron chi connectivity index (χ4n) is 3.86. The second-order valence-electron chi connectivity index (χ2n) is 6.79.